The van der Waals surface area contributed by atoms with Crippen LogP contribution in [0.15, 0.2) is 48.9 Å². The highest BCUT2D eigenvalue weighted by Gasteiger charge is 2.30. The molecule has 0 aliphatic heterocycles. The summed E-state index contributed by atoms with van der Waals surface area (Å²) >= 11 is 0. The number of imidazole rings is 1. The summed E-state index contributed by atoms with van der Waals surface area (Å²) in [5.74, 6) is 1.17. The number of methoxy groups -OCH3 is 1. The predicted octanol–water partition coefficient (Wildman–Crippen LogP) is 5.19. The Morgan fingerprint density at radius 2 is 1.91 bits per heavy atom. The van der Waals surface area contributed by atoms with E-state index in [1.165, 1.54) is 13.2 Å². The molecule has 172 valence electrons. The summed E-state index contributed by atoms with van der Waals surface area (Å²) in [6.07, 6.45) is -1.15. The second-order valence-electron chi connectivity index (χ2n) is 7.58. The number of halogens is 3. The zero-order valence-electron chi connectivity index (χ0n) is 18.2. The number of aromatic nitrogens is 5. The van der Waals surface area contributed by atoms with E-state index in [1.54, 1.807) is 30.7 Å². The molecule has 0 aliphatic carbocycles. The van der Waals surface area contributed by atoms with Crippen molar-refractivity contribution in [1.29, 1.82) is 0 Å². The van der Waals surface area contributed by atoms with Crippen molar-refractivity contribution in [3.8, 4) is 5.88 Å². The lowest BCUT2D eigenvalue weighted by molar-refractivity contribution is -0.137. The smallest absolute Gasteiger partial charge is 0.416 e. The first-order valence-electron chi connectivity index (χ1n) is 10.2. The largest absolute Gasteiger partial charge is 0.481 e. The summed E-state index contributed by atoms with van der Waals surface area (Å²) in [5, 5.41) is 6.21. The number of anilines is 3. The number of hydrogen-bond acceptors (Lipinski definition) is 7. The lowest BCUT2D eigenvalue weighted by atomic mass is 10.1. The number of nitrogens with one attached hydrogen (secondary N) is 2. The average molecular weight is 457 g/mol. The molecule has 1 aromatic carbocycles. The van der Waals surface area contributed by atoms with Crippen LogP contribution in [0.5, 0.6) is 5.88 Å². The van der Waals surface area contributed by atoms with Crippen LogP contribution < -0.4 is 15.4 Å². The highest BCUT2D eigenvalue weighted by atomic mass is 19.4. The van der Waals surface area contributed by atoms with Crippen LogP contribution in [0, 0.1) is 0 Å². The average Bonchev–Trinajstić information content (AvgIpc) is 3.22. The van der Waals surface area contributed by atoms with E-state index >= 15 is 0 Å². The van der Waals surface area contributed by atoms with Crippen LogP contribution >= 0.6 is 0 Å². The molecule has 33 heavy (non-hydrogen) atoms. The van der Waals surface area contributed by atoms with Crippen molar-refractivity contribution < 1.29 is 17.9 Å². The number of ether oxygens (including phenoxy) is 1. The van der Waals surface area contributed by atoms with E-state index in [0.717, 1.165) is 12.1 Å². The number of benzene rings is 1. The molecule has 0 spiro atoms. The highest BCUT2D eigenvalue weighted by Crippen LogP contribution is 2.30. The third kappa shape index (κ3) is 4.97. The Bertz CT molecular complexity index is 1250. The van der Waals surface area contributed by atoms with Crippen molar-refractivity contribution in [2.75, 3.05) is 17.7 Å². The van der Waals surface area contributed by atoms with Crippen molar-refractivity contribution >= 4 is 28.6 Å². The van der Waals surface area contributed by atoms with Crippen molar-refractivity contribution in [3.63, 3.8) is 0 Å². The Kier molecular flexibility index (Phi) is 6.03. The fraction of sp³-hybridized carbons (Fsp3) is 0.273. The standard InChI is InChI=1S/C22H22F3N7O/c1-13(2)32-12-28-18-19(27-10-14-5-4-6-15(9-14)22(23,24)25)30-21(31-20(18)32)29-16-7-8-17(33-3)26-11-16/h4-9,11-13H,10H2,1-3H3,(H2,27,29,30,31). The fourth-order valence-corrected chi connectivity index (χ4v) is 3.22. The zero-order valence-corrected chi connectivity index (χ0v) is 18.2. The second-order valence-corrected chi connectivity index (χ2v) is 7.58. The third-order valence-electron chi connectivity index (χ3n) is 4.89. The normalized spacial score (nSPS) is 11.7. The number of pyridine rings is 1. The molecule has 0 saturated heterocycles. The molecule has 3 aromatic heterocycles. The lowest BCUT2D eigenvalue weighted by Crippen LogP contribution is -2.09. The fourth-order valence-electron chi connectivity index (χ4n) is 3.22. The SMILES string of the molecule is COc1ccc(Nc2nc(NCc3cccc(C(F)(F)F)c3)c3ncn(C(C)C)c3n2)cn1. The Labute approximate surface area is 187 Å². The molecule has 2 N–H and O–H groups in total. The first kappa shape index (κ1) is 22.3. The van der Waals surface area contributed by atoms with E-state index in [-0.39, 0.29) is 12.6 Å². The van der Waals surface area contributed by atoms with Crippen LogP contribution in [0.25, 0.3) is 11.2 Å². The molecular formula is C22H22F3N7O. The monoisotopic (exact) mass is 457 g/mol. The minimum absolute atomic E-state index is 0.0942. The molecule has 0 amide bonds. The van der Waals surface area contributed by atoms with Crippen LogP contribution in [-0.4, -0.2) is 31.6 Å². The molecule has 11 heteroatoms. The number of fused-ring (bicyclic) bond motifs is 1. The minimum atomic E-state index is -4.41. The Morgan fingerprint density at radius 1 is 1.09 bits per heavy atom. The molecule has 0 aliphatic rings. The molecule has 0 radical (unpaired) electrons. The maximum absolute atomic E-state index is 13.1. The molecule has 0 atom stereocenters. The van der Waals surface area contributed by atoms with Crippen molar-refractivity contribution in [1.82, 2.24) is 24.5 Å². The van der Waals surface area contributed by atoms with Gasteiger partial charge in [-0.05, 0) is 37.6 Å². The molecule has 4 aromatic rings. The van der Waals surface area contributed by atoms with Crippen LogP contribution in [0.4, 0.5) is 30.6 Å². The summed E-state index contributed by atoms with van der Waals surface area (Å²) < 4.78 is 46.1. The minimum Gasteiger partial charge on any atom is -0.481 e. The first-order chi connectivity index (χ1) is 15.7. The second kappa shape index (κ2) is 8.93. The summed E-state index contributed by atoms with van der Waals surface area (Å²) in [4.78, 5) is 17.7. The number of hydrogen-bond donors (Lipinski definition) is 2. The van der Waals surface area contributed by atoms with E-state index in [9.17, 15) is 13.2 Å². The maximum atomic E-state index is 13.1. The van der Waals surface area contributed by atoms with E-state index < -0.39 is 11.7 Å². The van der Waals surface area contributed by atoms with Crippen LogP contribution in [0.1, 0.15) is 31.0 Å². The van der Waals surface area contributed by atoms with Gasteiger partial charge in [0.1, 0.15) is 0 Å². The topological polar surface area (TPSA) is 89.8 Å². The molecular weight excluding hydrogens is 435 g/mol. The van der Waals surface area contributed by atoms with Gasteiger partial charge in [0, 0.05) is 18.7 Å². The van der Waals surface area contributed by atoms with Gasteiger partial charge in [0.25, 0.3) is 0 Å². The predicted molar refractivity (Wildman–Crippen MR) is 119 cm³/mol. The highest BCUT2D eigenvalue weighted by molar-refractivity contribution is 5.84. The van der Waals surface area contributed by atoms with Crippen LogP contribution in [0.3, 0.4) is 0 Å². The third-order valence-corrected chi connectivity index (χ3v) is 4.89. The van der Waals surface area contributed by atoms with Crippen LogP contribution in [-0.2, 0) is 12.7 Å². The number of rotatable bonds is 7. The van der Waals surface area contributed by atoms with Gasteiger partial charge in [-0.1, -0.05) is 12.1 Å². The van der Waals surface area contributed by atoms with Crippen molar-refractivity contribution in [2.45, 2.75) is 32.6 Å². The van der Waals surface area contributed by atoms with E-state index in [2.05, 4.69) is 30.6 Å². The van der Waals surface area contributed by atoms with E-state index in [1.807, 2.05) is 18.4 Å². The summed E-state index contributed by atoms with van der Waals surface area (Å²) in [5.41, 5.74) is 1.53. The Morgan fingerprint density at radius 3 is 2.58 bits per heavy atom. The summed E-state index contributed by atoms with van der Waals surface area (Å²) in [6.45, 7) is 4.13. The molecule has 3 heterocycles. The number of nitrogens with zero attached hydrogens (tertiary/aromatic N) is 5. The van der Waals surface area contributed by atoms with Gasteiger partial charge in [-0.15, -0.1) is 0 Å². The molecule has 0 bridgehead atoms. The molecule has 0 unspecified atom stereocenters. The Balaban J connectivity index is 1.66. The van der Waals surface area contributed by atoms with E-state index in [0.29, 0.717) is 40.1 Å². The van der Waals surface area contributed by atoms with Crippen LogP contribution in [0.2, 0.25) is 0 Å². The van der Waals surface area contributed by atoms with Gasteiger partial charge >= 0.3 is 6.18 Å². The number of alkyl halides is 3. The van der Waals surface area contributed by atoms with Gasteiger partial charge in [0.2, 0.25) is 11.8 Å². The first-order valence-corrected chi connectivity index (χ1v) is 10.2. The Hall–Kier alpha value is -3.89. The zero-order chi connectivity index (χ0) is 23.6. The van der Waals surface area contributed by atoms with Gasteiger partial charge < -0.3 is 19.9 Å². The molecule has 4 rings (SSSR count). The molecule has 0 fully saturated rings. The summed E-state index contributed by atoms with van der Waals surface area (Å²) in [6, 6.07) is 8.72. The van der Waals surface area contributed by atoms with E-state index in [4.69, 9.17) is 4.74 Å². The summed E-state index contributed by atoms with van der Waals surface area (Å²) in [7, 11) is 1.53. The van der Waals surface area contributed by atoms with Crippen molar-refractivity contribution in [2.24, 2.45) is 0 Å². The lowest BCUT2D eigenvalue weighted by Gasteiger charge is -2.13. The molecule has 0 saturated carbocycles. The van der Waals surface area contributed by atoms with Gasteiger partial charge in [0.15, 0.2) is 17.0 Å². The maximum Gasteiger partial charge on any atom is 0.416 e. The van der Waals surface area contributed by atoms with Crippen molar-refractivity contribution in [3.05, 3.63) is 60.0 Å². The van der Waals surface area contributed by atoms with Gasteiger partial charge in [0.05, 0.1) is 30.9 Å². The molecule has 8 nitrogen and oxygen atoms in total. The van der Waals surface area contributed by atoms with Gasteiger partial charge in [-0.2, -0.15) is 23.1 Å². The quantitative estimate of drug-likeness (QED) is 0.395. The van der Waals surface area contributed by atoms with Gasteiger partial charge in [-0.3, -0.25) is 0 Å². The van der Waals surface area contributed by atoms with Gasteiger partial charge in [-0.25, -0.2) is 9.97 Å².